The van der Waals surface area contributed by atoms with E-state index in [-0.39, 0.29) is 0 Å². The normalized spacial score (nSPS) is 17.3. The molecule has 21 heteroatoms. The highest BCUT2D eigenvalue weighted by molar-refractivity contribution is 7.60. The van der Waals surface area contributed by atoms with Crippen LogP contribution in [0.15, 0.2) is 123 Å². The summed E-state index contributed by atoms with van der Waals surface area (Å²) in [7, 11) is -0.997. The van der Waals surface area contributed by atoms with Crippen molar-refractivity contribution in [1.82, 2.24) is 69.4 Å². The molecule has 10 heterocycles. The molecule has 18 nitrogen and oxygen atoms in total. The second-order valence-corrected chi connectivity index (χ2v) is 26.7. The molecule has 5 aliphatic carbocycles. The first-order chi connectivity index (χ1) is 41.9. The van der Waals surface area contributed by atoms with Gasteiger partial charge in [0.25, 0.3) is 0 Å². The molecule has 0 bridgehead atoms. The van der Waals surface area contributed by atoms with Crippen LogP contribution in [0, 0.1) is 0 Å². The van der Waals surface area contributed by atoms with Crippen molar-refractivity contribution < 1.29 is 10.0 Å². The van der Waals surface area contributed by atoms with Gasteiger partial charge in [0.05, 0.1) is 29.1 Å². The first kappa shape index (κ1) is 58.2. The van der Waals surface area contributed by atoms with E-state index in [9.17, 15) is 0 Å². The summed E-state index contributed by atoms with van der Waals surface area (Å²) >= 11 is 5.79. The Morgan fingerprint density at radius 2 is 0.859 bits per heavy atom. The second-order valence-electron chi connectivity index (χ2n) is 23.3. The summed E-state index contributed by atoms with van der Waals surface area (Å²) in [5, 5.41) is 44.6. The van der Waals surface area contributed by atoms with Crippen LogP contribution in [0.25, 0.3) is 55.1 Å². The van der Waals surface area contributed by atoms with Gasteiger partial charge in [-0.05, 0) is 147 Å². The summed E-state index contributed by atoms with van der Waals surface area (Å²) in [6.45, 7) is 0. The van der Waals surface area contributed by atoms with Gasteiger partial charge in [0, 0.05) is 88.8 Å². The van der Waals surface area contributed by atoms with Gasteiger partial charge in [0.15, 0.2) is 16.8 Å². The molecule has 0 atom stereocenters. The Hall–Kier alpha value is -7.18. The van der Waals surface area contributed by atoms with E-state index in [1.54, 1.807) is 114 Å². The fourth-order valence-electron chi connectivity index (χ4n) is 13.8. The lowest BCUT2D eigenvalue weighted by atomic mass is 9.81. The van der Waals surface area contributed by atoms with Crippen LogP contribution < -0.4 is 16.1 Å². The van der Waals surface area contributed by atoms with Crippen molar-refractivity contribution in [2.45, 2.75) is 177 Å². The second kappa shape index (κ2) is 28.3. The number of hydrogen-bond acceptors (Lipinski definition) is 16. The number of aromatic nitrogens is 14. The minimum atomic E-state index is -1.38. The molecule has 85 heavy (non-hydrogen) atoms. The molecule has 5 aliphatic rings. The predicted molar refractivity (Wildman–Crippen MR) is 341 cm³/mol. The van der Waals surface area contributed by atoms with Crippen molar-refractivity contribution in [2.75, 3.05) is 10.6 Å². The zero-order valence-electron chi connectivity index (χ0n) is 48.3. The molecule has 10 aromatic heterocycles. The van der Waals surface area contributed by atoms with Gasteiger partial charge >= 0.3 is 7.12 Å². The molecule has 0 unspecified atom stereocenters. The highest BCUT2D eigenvalue weighted by Gasteiger charge is 2.36. The monoisotopic (exact) mass is 1180 g/mol. The van der Waals surface area contributed by atoms with E-state index in [4.69, 9.17) is 31.6 Å². The molecule has 15 rings (SSSR count). The van der Waals surface area contributed by atoms with Crippen LogP contribution in [-0.2, 0) is 0 Å². The molecule has 438 valence electrons. The quantitative estimate of drug-likeness (QED) is 0.0697. The number of hydrogen-bond donors (Lipinski definition) is 4. The molecule has 0 saturated heterocycles. The average Bonchev–Trinajstić information content (AvgIpc) is 3.80. The molecule has 0 aromatic carbocycles. The number of anilines is 4. The Labute approximate surface area is 502 Å². The number of nitrogens with one attached hydrogen (secondary N) is 2. The Morgan fingerprint density at radius 1 is 0.435 bits per heavy atom. The van der Waals surface area contributed by atoms with Gasteiger partial charge in [0.1, 0.15) is 11.3 Å². The molecule has 5 fully saturated rings. The summed E-state index contributed by atoms with van der Waals surface area (Å²) in [5.41, 5.74) is 9.90. The Kier molecular flexibility index (Phi) is 19.4. The van der Waals surface area contributed by atoms with Crippen molar-refractivity contribution in [1.29, 1.82) is 0 Å². The predicted octanol–water partition coefficient (Wildman–Crippen LogP) is 14.2. The minimum Gasteiger partial charge on any atom is -0.423 e. The van der Waals surface area contributed by atoms with Crippen molar-refractivity contribution in [3.05, 3.63) is 128 Å². The van der Waals surface area contributed by atoms with Crippen molar-refractivity contribution in [2.24, 2.45) is 0 Å². The van der Waals surface area contributed by atoms with E-state index in [1.807, 2.05) is 73.6 Å². The summed E-state index contributed by atoms with van der Waals surface area (Å²) < 4.78 is 4.67. The topological polar surface area (TPSA) is 229 Å². The fraction of sp³-hybridized carbons (Fsp3) is 0.438. The molecule has 0 amide bonds. The van der Waals surface area contributed by atoms with Gasteiger partial charge in [-0.25, -0.2) is 9.97 Å². The number of rotatable bonds is 11. The molecular formula is C64H75BClN16O2P. The lowest BCUT2D eigenvalue weighted by molar-refractivity contribution is 0.425. The lowest BCUT2D eigenvalue weighted by Crippen LogP contribution is -2.29. The van der Waals surface area contributed by atoms with Crippen LogP contribution >= 0.6 is 19.5 Å². The molecule has 10 aromatic rings. The molecular weight excluding hydrogens is 1100 g/mol. The maximum atomic E-state index is 8.55. The number of fused-ring (bicyclic) bond motifs is 6. The van der Waals surface area contributed by atoms with Crippen molar-refractivity contribution in [3.63, 3.8) is 0 Å². The number of pyridine rings is 4. The number of nitrogens with zero attached hydrogens (tertiary/aromatic N) is 14. The molecule has 5 saturated carbocycles. The Morgan fingerprint density at radius 3 is 1.27 bits per heavy atom. The summed E-state index contributed by atoms with van der Waals surface area (Å²) in [5.74, 6) is 2.15. The molecule has 0 radical (unpaired) electrons. The third kappa shape index (κ3) is 14.1. The van der Waals surface area contributed by atoms with Gasteiger partial charge in [-0.2, -0.15) is 9.97 Å². The van der Waals surface area contributed by atoms with Crippen molar-refractivity contribution >= 4 is 99.5 Å². The first-order valence-electron chi connectivity index (χ1n) is 30.9. The van der Waals surface area contributed by atoms with E-state index < -0.39 is 7.12 Å². The third-order valence-corrected chi connectivity index (χ3v) is 22.1. The van der Waals surface area contributed by atoms with Gasteiger partial charge in [0.2, 0.25) is 11.9 Å². The average molecular weight is 1180 g/mol. The summed E-state index contributed by atoms with van der Waals surface area (Å²) in [6, 6.07) is 19.1. The van der Waals surface area contributed by atoms with E-state index in [0.29, 0.717) is 54.2 Å². The number of halogens is 1. The lowest BCUT2D eigenvalue weighted by Gasteiger charge is -2.44. The van der Waals surface area contributed by atoms with Gasteiger partial charge < -0.3 is 29.8 Å². The van der Waals surface area contributed by atoms with Crippen LogP contribution in [0.5, 0.6) is 0 Å². The zero-order chi connectivity index (χ0) is 57.7. The van der Waals surface area contributed by atoms with Crippen LogP contribution in [0.4, 0.5) is 23.5 Å². The van der Waals surface area contributed by atoms with E-state index >= 15 is 0 Å². The highest BCUT2D eigenvalue weighted by Crippen LogP contribution is 2.61. The van der Waals surface area contributed by atoms with Gasteiger partial charge in [-0.3, -0.25) is 19.9 Å². The largest absolute Gasteiger partial charge is 0.488 e. The van der Waals surface area contributed by atoms with Crippen LogP contribution in [0.2, 0.25) is 5.15 Å². The van der Waals surface area contributed by atoms with Crippen LogP contribution in [0.1, 0.15) is 160 Å². The first-order valence-corrected chi connectivity index (χ1v) is 32.9. The van der Waals surface area contributed by atoms with E-state index in [0.717, 1.165) is 55.1 Å². The van der Waals surface area contributed by atoms with Crippen LogP contribution in [0.3, 0.4) is 0 Å². The Bertz CT molecular complexity index is 3680. The smallest absolute Gasteiger partial charge is 0.423 e. The molecule has 0 spiro atoms. The minimum absolute atomic E-state index is 0.348. The van der Waals surface area contributed by atoms with Gasteiger partial charge in [-0.1, -0.05) is 103 Å². The standard InChI is InChI=1S/C23H20N8.C18H16ClN7.C18H33P.C5H6BNO2/c1-2-4-16(3-1)31-20-14-25-12-9-17(20)18-13-26-23(28-22(18)31)27-21-6-5-19(29-30-21)15-7-10-24-11-8-15;19-15-5-6-16(25-24-15)22-18-21-9-13-12-7-8-20-10-14(12)26(17(13)23-18)11-3-1-2-4-11;1-4-10-16(11-5-1)19(17-12-6-2-7-13-17)18-14-8-3-9-15-18;8-6(9)5-1-3-7-4-2-5/h5-14,16H,1-4H2,(H,26,27,28,30);5-11H,1-4H2,(H,21,22,23,25);16-18H,1-15H2;1-4,8-9H. The zero-order valence-corrected chi connectivity index (χ0v) is 49.9. The van der Waals surface area contributed by atoms with E-state index in [2.05, 4.69) is 70.1 Å². The third-order valence-electron chi connectivity index (χ3n) is 17.8. The maximum absolute atomic E-state index is 8.55. The maximum Gasteiger partial charge on any atom is 0.488 e. The van der Waals surface area contributed by atoms with E-state index in [1.165, 1.54) is 100.0 Å². The Balaban J connectivity index is 0.000000119. The molecule has 4 N–H and O–H groups in total. The van der Waals surface area contributed by atoms with Crippen molar-refractivity contribution in [3.8, 4) is 11.3 Å². The SMILES string of the molecule is C1CCC(P(C2CCCCC2)C2CCCCC2)CC1.Clc1ccc(Nc2ncc3c4ccncc4n(C4CCCC4)c3n2)nn1.OB(O)c1ccncc1.c1cc(-c2ccc(Nc3ncc4c5ccncc5n(C5CCCC5)c4n3)nn2)ccn1. The van der Waals surface area contributed by atoms with Gasteiger partial charge in [-0.15, -0.1) is 20.4 Å². The van der Waals surface area contributed by atoms with Crippen LogP contribution in [-0.4, -0.2) is 104 Å². The molecule has 0 aliphatic heterocycles. The highest BCUT2D eigenvalue weighted by atomic mass is 35.5. The summed E-state index contributed by atoms with van der Waals surface area (Å²) in [6.07, 6.45) is 51.1. The fourth-order valence-corrected chi connectivity index (χ4v) is 18.5. The summed E-state index contributed by atoms with van der Waals surface area (Å²) in [4.78, 5) is 35.1.